The number of carbonyl (C=O) groups excluding carboxylic acids is 1. The standard InChI is InChI=1S/C16H23NO2/c1-3-19-16(18)14-10-7-11-15(14)17-12(2)13-8-5-4-6-9-13/h4-6,8-9,12,14-15,17H,3,7,10-11H2,1-2H3/t12-,14+,15+/m0/s1. The first-order chi connectivity index (χ1) is 9.22. The van der Waals surface area contributed by atoms with Crippen LogP contribution in [0.4, 0.5) is 0 Å². The van der Waals surface area contributed by atoms with Crippen molar-refractivity contribution in [2.24, 2.45) is 5.92 Å². The Kier molecular flexibility index (Phi) is 4.97. The zero-order valence-corrected chi connectivity index (χ0v) is 11.8. The van der Waals surface area contributed by atoms with Gasteiger partial charge >= 0.3 is 5.97 Å². The highest BCUT2D eigenvalue weighted by atomic mass is 16.5. The van der Waals surface area contributed by atoms with E-state index in [1.165, 1.54) is 5.56 Å². The van der Waals surface area contributed by atoms with Crippen molar-refractivity contribution < 1.29 is 9.53 Å². The molecule has 1 fully saturated rings. The molecule has 0 aromatic heterocycles. The van der Waals surface area contributed by atoms with Crippen LogP contribution in [0, 0.1) is 5.92 Å². The second-order valence-corrected chi connectivity index (χ2v) is 5.19. The summed E-state index contributed by atoms with van der Waals surface area (Å²) in [5, 5.41) is 3.58. The van der Waals surface area contributed by atoms with Gasteiger partial charge in [0, 0.05) is 12.1 Å². The first-order valence-corrected chi connectivity index (χ1v) is 7.20. The maximum atomic E-state index is 11.9. The zero-order valence-electron chi connectivity index (χ0n) is 11.8. The van der Waals surface area contributed by atoms with E-state index in [1.54, 1.807) is 0 Å². The van der Waals surface area contributed by atoms with E-state index in [-0.39, 0.29) is 24.0 Å². The third-order valence-electron chi connectivity index (χ3n) is 3.87. The number of rotatable bonds is 5. The zero-order chi connectivity index (χ0) is 13.7. The van der Waals surface area contributed by atoms with Crippen LogP contribution in [-0.2, 0) is 9.53 Å². The van der Waals surface area contributed by atoms with Crippen LogP contribution in [0.25, 0.3) is 0 Å². The summed E-state index contributed by atoms with van der Waals surface area (Å²) in [6.07, 6.45) is 3.10. The van der Waals surface area contributed by atoms with E-state index in [4.69, 9.17) is 4.74 Å². The molecular formula is C16H23NO2. The molecule has 1 aliphatic rings. The van der Waals surface area contributed by atoms with Crippen LogP contribution < -0.4 is 5.32 Å². The Morgan fingerprint density at radius 1 is 1.37 bits per heavy atom. The molecule has 3 heteroatoms. The number of hydrogen-bond acceptors (Lipinski definition) is 3. The lowest BCUT2D eigenvalue weighted by Crippen LogP contribution is -2.38. The van der Waals surface area contributed by atoms with Gasteiger partial charge in [-0.15, -0.1) is 0 Å². The van der Waals surface area contributed by atoms with Crippen molar-refractivity contribution in [3.8, 4) is 0 Å². The van der Waals surface area contributed by atoms with Crippen molar-refractivity contribution in [3.05, 3.63) is 35.9 Å². The average Bonchev–Trinajstić information content (AvgIpc) is 2.88. The van der Waals surface area contributed by atoms with E-state index in [2.05, 4.69) is 24.4 Å². The van der Waals surface area contributed by atoms with E-state index in [0.29, 0.717) is 6.61 Å². The summed E-state index contributed by atoms with van der Waals surface area (Å²) < 4.78 is 5.16. The van der Waals surface area contributed by atoms with Crippen molar-refractivity contribution in [1.29, 1.82) is 0 Å². The van der Waals surface area contributed by atoms with Gasteiger partial charge in [-0.1, -0.05) is 36.8 Å². The number of nitrogens with one attached hydrogen (secondary N) is 1. The smallest absolute Gasteiger partial charge is 0.310 e. The van der Waals surface area contributed by atoms with Gasteiger partial charge in [-0.3, -0.25) is 4.79 Å². The fourth-order valence-electron chi connectivity index (χ4n) is 2.85. The summed E-state index contributed by atoms with van der Waals surface area (Å²) in [6.45, 7) is 4.48. The van der Waals surface area contributed by atoms with E-state index < -0.39 is 0 Å². The Morgan fingerprint density at radius 3 is 2.79 bits per heavy atom. The Labute approximate surface area is 115 Å². The number of benzene rings is 1. The van der Waals surface area contributed by atoms with Crippen molar-refractivity contribution in [2.75, 3.05) is 6.61 Å². The molecule has 3 nitrogen and oxygen atoms in total. The molecule has 2 rings (SSSR count). The van der Waals surface area contributed by atoms with Gasteiger partial charge in [-0.25, -0.2) is 0 Å². The minimum Gasteiger partial charge on any atom is -0.466 e. The van der Waals surface area contributed by atoms with Gasteiger partial charge in [0.15, 0.2) is 0 Å². The van der Waals surface area contributed by atoms with Crippen LogP contribution in [0.2, 0.25) is 0 Å². The molecular weight excluding hydrogens is 238 g/mol. The van der Waals surface area contributed by atoms with Gasteiger partial charge in [-0.2, -0.15) is 0 Å². The summed E-state index contributed by atoms with van der Waals surface area (Å²) in [6, 6.07) is 10.9. The van der Waals surface area contributed by atoms with Crippen molar-refractivity contribution >= 4 is 5.97 Å². The summed E-state index contributed by atoms with van der Waals surface area (Å²) >= 11 is 0. The molecule has 1 aromatic carbocycles. The van der Waals surface area contributed by atoms with E-state index in [1.807, 2.05) is 25.1 Å². The van der Waals surface area contributed by atoms with E-state index >= 15 is 0 Å². The molecule has 0 heterocycles. The van der Waals surface area contributed by atoms with Crippen LogP contribution >= 0.6 is 0 Å². The van der Waals surface area contributed by atoms with Crippen LogP contribution in [0.5, 0.6) is 0 Å². The lowest BCUT2D eigenvalue weighted by atomic mass is 10.0. The summed E-state index contributed by atoms with van der Waals surface area (Å²) in [4.78, 5) is 11.9. The second-order valence-electron chi connectivity index (χ2n) is 5.19. The quantitative estimate of drug-likeness (QED) is 0.828. The lowest BCUT2D eigenvalue weighted by Gasteiger charge is -2.24. The molecule has 0 unspecified atom stereocenters. The van der Waals surface area contributed by atoms with Crippen LogP contribution in [-0.4, -0.2) is 18.6 Å². The van der Waals surface area contributed by atoms with Crippen LogP contribution in [0.15, 0.2) is 30.3 Å². The molecule has 0 bridgehead atoms. The topological polar surface area (TPSA) is 38.3 Å². The van der Waals surface area contributed by atoms with Gasteiger partial charge in [0.2, 0.25) is 0 Å². The number of hydrogen-bond donors (Lipinski definition) is 1. The highest BCUT2D eigenvalue weighted by Gasteiger charge is 2.34. The fourth-order valence-corrected chi connectivity index (χ4v) is 2.85. The highest BCUT2D eigenvalue weighted by molar-refractivity contribution is 5.73. The number of ether oxygens (including phenoxy) is 1. The molecule has 0 aliphatic heterocycles. The first kappa shape index (κ1) is 14.1. The minimum absolute atomic E-state index is 0.0195. The Bertz CT molecular complexity index is 404. The normalized spacial score (nSPS) is 24.1. The lowest BCUT2D eigenvalue weighted by molar-refractivity contribution is -0.148. The van der Waals surface area contributed by atoms with Gasteiger partial charge in [-0.05, 0) is 32.3 Å². The second kappa shape index (κ2) is 6.71. The molecule has 1 aliphatic carbocycles. The Hall–Kier alpha value is -1.35. The molecule has 1 N–H and O–H groups in total. The molecule has 0 saturated heterocycles. The minimum atomic E-state index is -0.0437. The van der Waals surface area contributed by atoms with E-state index in [0.717, 1.165) is 19.3 Å². The predicted molar refractivity (Wildman–Crippen MR) is 75.8 cm³/mol. The molecule has 19 heavy (non-hydrogen) atoms. The van der Waals surface area contributed by atoms with Gasteiger partial charge in [0.25, 0.3) is 0 Å². The SMILES string of the molecule is CCOC(=O)[C@@H]1CCC[C@H]1N[C@@H](C)c1ccccc1. The fraction of sp³-hybridized carbons (Fsp3) is 0.562. The summed E-state index contributed by atoms with van der Waals surface area (Å²) in [5.41, 5.74) is 1.26. The third-order valence-corrected chi connectivity index (χ3v) is 3.87. The summed E-state index contributed by atoms with van der Waals surface area (Å²) in [7, 11) is 0. The number of esters is 1. The maximum absolute atomic E-state index is 11.9. The Balaban J connectivity index is 1.96. The van der Waals surface area contributed by atoms with Gasteiger partial charge < -0.3 is 10.1 Å². The van der Waals surface area contributed by atoms with Crippen LogP contribution in [0.1, 0.15) is 44.7 Å². The molecule has 104 valence electrons. The van der Waals surface area contributed by atoms with Crippen LogP contribution in [0.3, 0.4) is 0 Å². The molecule has 0 radical (unpaired) electrons. The molecule has 1 aromatic rings. The number of carbonyl (C=O) groups is 1. The average molecular weight is 261 g/mol. The Morgan fingerprint density at radius 2 is 2.11 bits per heavy atom. The molecule has 0 spiro atoms. The predicted octanol–water partition coefficient (Wildman–Crippen LogP) is 3.07. The third kappa shape index (κ3) is 3.57. The molecule has 3 atom stereocenters. The molecule has 1 saturated carbocycles. The van der Waals surface area contributed by atoms with E-state index in [9.17, 15) is 4.79 Å². The maximum Gasteiger partial charge on any atom is 0.310 e. The van der Waals surface area contributed by atoms with Crippen molar-refractivity contribution in [2.45, 2.75) is 45.2 Å². The summed E-state index contributed by atoms with van der Waals surface area (Å²) in [5.74, 6) is -0.0242. The first-order valence-electron chi connectivity index (χ1n) is 7.20. The molecule has 0 amide bonds. The monoisotopic (exact) mass is 261 g/mol. The largest absolute Gasteiger partial charge is 0.466 e. The highest BCUT2D eigenvalue weighted by Crippen LogP contribution is 2.29. The van der Waals surface area contributed by atoms with Crippen molar-refractivity contribution in [1.82, 2.24) is 5.32 Å². The van der Waals surface area contributed by atoms with Gasteiger partial charge in [0.1, 0.15) is 0 Å². The van der Waals surface area contributed by atoms with Gasteiger partial charge in [0.05, 0.1) is 12.5 Å². The van der Waals surface area contributed by atoms with Crippen molar-refractivity contribution in [3.63, 3.8) is 0 Å².